The number of fused-ring (bicyclic) bond motifs is 3. The number of hydrogen-bond donors (Lipinski definition) is 16. The van der Waals surface area contributed by atoms with Crippen molar-refractivity contribution in [2.75, 3.05) is 36.9 Å². The Hall–Kier alpha value is -10.8. The van der Waals surface area contributed by atoms with Crippen LogP contribution in [-0.2, 0) is 58.5 Å². The van der Waals surface area contributed by atoms with Crippen LogP contribution in [0, 0.1) is 0 Å². The minimum atomic E-state index is -5.04. The summed E-state index contributed by atoms with van der Waals surface area (Å²) in [5, 5.41) is 91.9. The number of nitrogens with two attached hydrogens (primary N) is 3. The first kappa shape index (κ1) is 93.5. The number of imidazole rings is 3. The third kappa shape index (κ3) is 22.4. The van der Waals surface area contributed by atoms with E-state index in [9.17, 15) is 135 Å². The number of hydrogen-bond acceptors (Lipinski definition) is 33. The van der Waals surface area contributed by atoms with Crippen molar-refractivity contribution in [2.24, 2.45) is 0 Å². The van der Waals surface area contributed by atoms with Gasteiger partial charge >= 0.3 is 39.0 Å². The van der Waals surface area contributed by atoms with Gasteiger partial charge in [0, 0.05) is 103 Å². The van der Waals surface area contributed by atoms with E-state index in [1.807, 2.05) is 4.72 Å². The molecule has 15 atom stereocenters. The predicted octanol–water partition coefficient (Wildman–Crippen LogP) is 1.44. The van der Waals surface area contributed by atoms with Crippen molar-refractivity contribution in [3.05, 3.63) is 173 Å². The van der Waals surface area contributed by atoms with Crippen LogP contribution in [0.25, 0.3) is 33.5 Å². The van der Waals surface area contributed by atoms with Gasteiger partial charge in [-0.3, -0.25) is 41.9 Å². The van der Waals surface area contributed by atoms with E-state index < -0.39 is 243 Å². The first-order valence-electron chi connectivity index (χ1n) is 35.7. The number of pyridine rings is 3. The molecule has 6 aromatic heterocycles. The maximum atomic E-state index is 12.9. The first-order valence-corrected chi connectivity index (χ1v) is 40.2. The van der Waals surface area contributed by atoms with E-state index in [0.717, 1.165) is 47.9 Å². The predicted molar refractivity (Wildman–Crippen MR) is 401 cm³/mol. The third-order valence-electron chi connectivity index (χ3n) is 18.7. The molecule has 3 aliphatic heterocycles. The van der Waals surface area contributed by atoms with Gasteiger partial charge in [0.2, 0.25) is 21.8 Å². The van der Waals surface area contributed by atoms with Crippen LogP contribution in [0.5, 0.6) is 0 Å². The summed E-state index contributed by atoms with van der Waals surface area (Å²) in [6.45, 7) is -1.83. The number of benzene rings is 3. The number of ketones is 3. The number of halogens is 9. The molecule has 0 spiro atoms. The molecule has 0 aliphatic carbocycles. The number of aliphatic hydroxyl groups excluding tert-OH is 9. The van der Waals surface area contributed by atoms with Crippen molar-refractivity contribution < 1.29 is 153 Å². The van der Waals surface area contributed by atoms with Crippen LogP contribution in [0.3, 0.4) is 0 Å². The Morgan fingerprint density at radius 2 is 0.779 bits per heavy atom. The molecule has 12 rings (SSSR count). The monoisotopic (exact) mass is 1790 g/mol. The third-order valence-corrected chi connectivity index (χ3v) is 21.8. The summed E-state index contributed by atoms with van der Waals surface area (Å²) in [7, 11) is -13.4. The van der Waals surface area contributed by atoms with Gasteiger partial charge in [0.1, 0.15) is 71.5 Å². The number of aliphatic hydroxyl groups is 9. The number of anilines is 3. The summed E-state index contributed by atoms with van der Waals surface area (Å²) < 4.78 is 223. The molecule has 9 heterocycles. The summed E-state index contributed by atoms with van der Waals surface area (Å²) in [6, 6.07) is 18.2. The Bertz CT molecular complexity index is 5470. The van der Waals surface area contributed by atoms with Crippen molar-refractivity contribution in [2.45, 2.75) is 149 Å². The number of nitrogens with one attached hydrogen (secondary N) is 4. The topological polar surface area (TPSA) is 625 Å². The van der Waals surface area contributed by atoms with E-state index in [2.05, 4.69) is 34.6 Å². The Balaban J connectivity index is 0.000000192. The number of nitrogen functional groups attached to an aromatic ring is 3. The highest BCUT2D eigenvalue weighted by atomic mass is 32.2. The number of ether oxygens (including phenoxy) is 3. The maximum Gasteiger partial charge on any atom is 0.418 e. The zero-order valence-corrected chi connectivity index (χ0v) is 64.8. The molecule has 40 nitrogen and oxygen atoms in total. The van der Waals surface area contributed by atoms with Gasteiger partial charge in [-0.15, -0.1) is 0 Å². The standard InChI is InChI=1S/C24H26F3N5O7S.C23H25F3N6O8S.C23H24F3N5O9S/c25-24(26,27)21(36)14-6-2-1-5-13(14)16(33)7-3-4-10-40(37,38)31-11-17-19(34)20(35)23(39-17)32-12-30-18-15(28)8-9-29-22(18)32;24-23(25,26)20(37)12-4-2-1-3-11(12)14(33)5-6-16(34)31-41(38,39)30-9-15-18(35)19(36)22(40-15)32-10-29-17-13(27)7-8-28-21(17)32;24-23(25,26)20(36)12-4-2-1-3-11(12)14(32)5-6-16(33)30-41(37,38)39-9-15-18(34)19(35)22(40-15)31-10-29-17-13(27)7-8-28-21(17)31/h1-2,4-6,8-10,12,17,19-21,23,31,34-36H,3,7,11H2,(H2,28,29);1-4,7-8,10,15,18-20,22,30,35-37H,5-6,9H2,(H2,27,28)(H,31,34);1-4,7-8,10,15,18-20,22,34-36H,5-6,9H2,(H2,27,28)(H,30,33)/b10-4+;;/t17-,19-,20-,21?,23-;2*15-,18-,19-,20?,22-/m111/s1. The molecule has 2 amide bonds. The number of rotatable bonds is 30. The normalized spacial score (nSPS) is 22.3. The Labute approximate surface area is 682 Å². The molecular formula is C70H75F9N16O24S3. The Morgan fingerprint density at radius 1 is 0.451 bits per heavy atom. The second-order valence-electron chi connectivity index (χ2n) is 27.1. The number of carbonyl (C=O) groups excluding carboxylic acids is 5. The van der Waals surface area contributed by atoms with Crippen LogP contribution in [-0.4, -0.2) is 237 Å². The molecule has 0 saturated carbocycles. The number of amides is 2. The first-order chi connectivity index (χ1) is 57.2. The lowest BCUT2D eigenvalue weighted by Gasteiger charge is -2.17. The van der Waals surface area contributed by atoms with E-state index in [1.165, 1.54) is 105 Å². The van der Waals surface area contributed by atoms with E-state index >= 15 is 0 Å². The molecule has 660 valence electrons. The van der Waals surface area contributed by atoms with Crippen LogP contribution in [0.15, 0.2) is 140 Å². The molecular weight excluding hydrogens is 1720 g/mol. The molecule has 0 radical (unpaired) electrons. The number of allylic oxidation sites excluding steroid dienone is 1. The SMILES string of the molecule is Nc1ccnc2c1ncn2[C@@H]1O[C@H](CNS(=O)(=O)/C=C/CCC(=O)c2ccccc2C(O)C(F)(F)F)[C@@H](O)[C@H]1O.Nc1ccnc2c1ncn2[C@@H]1O[C@H](CNS(=O)(=O)NC(=O)CCC(=O)c2ccccc2C(O)C(F)(F)F)[C@@H](O)[C@H]1O.Nc1ccnc2c1ncn2[C@@H]1O[C@H](COS(=O)(=O)NC(=O)CCC(=O)c2ccccc2C(O)C(F)(F)F)[C@@H](O)[C@H]1O. The summed E-state index contributed by atoms with van der Waals surface area (Å²) >= 11 is 0. The molecule has 19 N–H and O–H groups in total. The zero-order chi connectivity index (χ0) is 89.5. The van der Waals surface area contributed by atoms with Crippen LogP contribution >= 0.6 is 0 Å². The number of nitrogens with zero attached hydrogens (tertiary/aromatic N) is 9. The second-order valence-corrected chi connectivity index (χ2v) is 31.6. The van der Waals surface area contributed by atoms with Gasteiger partial charge in [-0.1, -0.05) is 78.9 Å². The largest absolute Gasteiger partial charge is 0.418 e. The fourth-order valence-electron chi connectivity index (χ4n) is 12.6. The maximum absolute atomic E-state index is 12.9. The lowest BCUT2D eigenvalue weighted by molar-refractivity contribution is -0.207. The lowest BCUT2D eigenvalue weighted by Crippen LogP contribution is -2.45. The highest BCUT2D eigenvalue weighted by Gasteiger charge is 2.49. The molecule has 0 bridgehead atoms. The zero-order valence-electron chi connectivity index (χ0n) is 62.3. The highest BCUT2D eigenvalue weighted by molar-refractivity contribution is 7.92. The van der Waals surface area contributed by atoms with E-state index in [4.69, 9.17) is 35.6 Å². The number of alkyl halides is 9. The minimum Gasteiger partial charge on any atom is -0.397 e. The van der Waals surface area contributed by atoms with Crippen molar-refractivity contribution in [1.82, 2.24) is 62.5 Å². The molecule has 3 unspecified atom stereocenters. The quantitative estimate of drug-likeness (QED) is 0.0224. The molecule has 3 fully saturated rings. The van der Waals surface area contributed by atoms with Gasteiger partial charge in [-0.05, 0) is 24.6 Å². The lowest BCUT2D eigenvalue weighted by atomic mass is 9.96. The van der Waals surface area contributed by atoms with E-state index in [0.29, 0.717) is 39.3 Å². The molecule has 52 heteroatoms. The fourth-order valence-corrected chi connectivity index (χ4v) is 15.1. The van der Waals surface area contributed by atoms with E-state index in [-0.39, 0.29) is 29.7 Å². The second kappa shape index (κ2) is 38.3. The van der Waals surface area contributed by atoms with Crippen LogP contribution in [0.4, 0.5) is 56.6 Å². The minimum absolute atomic E-state index is 0.122. The number of aromatic nitrogens is 9. The summed E-state index contributed by atoms with van der Waals surface area (Å²) in [5.41, 5.74) is 17.0. The average Bonchev–Trinajstić information content (AvgIpc) is 1.62. The van der Waals surface area contributed by atoms with Gasteiger partial charge in [0.25, 0.3) is 0 Å². The highest BCUT2D eigenvalue weighted by Crippen LogP contribution is 2.40. The average molecular weight is 1790 g/mol. The number of Topliss-reactive ketones (excluding diaryl/α,β-unsaturated/α-hetero) is 3. The molecule has 3 aliphatic rings. The Kier molecular flexibility index (Phi) is 29.4. The fraction of sp³-hybridized carbons (Fsp3) is 0.386. The number of carbonyl (C=O) groups is 5. The summed E-state index contributed by atoms with van der Waals surface area (Å²) in [4.78, 5) is 86.4. The van der Waals surface area contributed by atoms with Crippen molar-refractivity contribution in [3.63, 3.8) is 0 Å². The van der Waals surface area contributed by atoms with Crippen LogP contribution < -0.4 is 36.1 Å². The van der Waals surface area contributed by atoms with Crippen molar-refractivity contribution in [1.29, 1.82) is 0 Å². The van der Waals surface area contributed by atoms with Gasteiger partial charge in [-0.25, -0.2) is 52.5 Å². The summed E-state index contributed by atoms with van der Waals surface area (Å²) in [5.74, 6) is -4.94. The van der Waals surface area contributed by atoms with Crippen LogP contribution in [0.1, 0.15) is 123 Å². The van der Waals surface area contributed by atoms with Gasteiger partial charge in [0.15, 0.2) is 71.3 Å². The van der Waals surface area contributed by atoms with Crippen molar-refractivity contribution >= 4 is 110 Å². The van der Waals surface area contributed by atoms with Gasteiger partial charge < -0.3 is 77.4 Å². The van der Waals surface area contributed by atoms with E-state index in [1.54, 1.807) is 10.8 Å². The summed E-state index contributed by atoms with van der Waals surface area (Å²) in [6.07, 6.45) is -34.2. The molecule has 122 heavy (non-hydrogen) atoms. The number of sulfonamides is 1. The smallest absolute Gasteiger partial charge is 0.397 e. The molecule has 3 saturated heterocycles. The van der Waals surface area contributed by atoms with Crippen LogP contribution in [0.2, 0.25) is 0 Å². The van der Waals surface area contributed by atoms with Gasteiger partial charge in [-0.2, -0.15) is 61.1 Å². The molecule has 9 aromatic rings. The Morgan fingerprint density at radius 3 is 1.15 bits per heavy atom. The van der Waals surface area contributed by atoms with Gasteiger partial charge in [0.05, 0.1) is 42.7 Å². The molecule has 3 aromatic carbocycles. The van der Waals surface area contributed by atoms with Crippen molar-refractivity contribution in [3.8, 4) is 0 Å².